The first-order valence-corrected chi connectivity index (χ1v) is 9.37. The molecular formula is C24H22FNO4. The number of methoxy groups -OCH3 is 1. The number of ether oxygens (including phenoxy) is 2. The highest BCUT2D eigenvalue weighted by molar-refractivity contribution is 6.02. The van der Waals surface area contributed by atoms with Gasteiger partial charge in [0.15, 0.2) is 6.61 Å². The number of rotatable bonds is 7. The highest BCUT2D eigenvalue weighted by Gasteiger charge is 2.18. The summed E-state index contributed by atoms with van der Waals surface area (Å²) in [5.41, 5.74) is 3.93. The highest BCUT2D eigenvalue weighted by atomic mass is 19.1. The Labute approximate surface area is 174 Å². The zero-order chi connectivity index (χ0) is 21.7. The normalized spacial score (nSPS) is 10.4. The zero-order valence-electron chi connectivity index (χ0n) is 17.0. The third kappa shape index (κ3) is 4.66. The number of hydrogen-bond donors (Lipinski definition) is 1. The van der Waals surface area contributed by atoms with Gasteiger partial charge in [0.25, 0.3) is 0 Å². The summed E-state index contributed by atoms with van der Waals surface area (Å²) in [6.45, 7) is 3.47. The van der Waals surface area contributed by atoms with Crippen molar-refractivity contribution in [3.63, 3.8) is 0 Å². The molecule has 0 saturated carbocycles. The lowest BCUT2D eigenvalue weighted by molar-refractivity contribution is 0.0475. The van der Waals surface area contributed by atoms with E-state index in [1.807, 2.05) is 32.0 Å². The van der Waals surface area contributed by atoms with Crippen molar-refractivity contribution in [3.05, 3.63) is 88.7 Å². The molecule has 0 saturated heterocycles. The lowest BCUT2D eigenvalue weighted by Gasteiger charge is -2.14. The van der Waals surface area contributed by atoms with Crippen LogP contribution < -0.4 is 10.1 Å². The smallest absolute Gasteiger partial charge is 0.340 e. The van der Waals surface area contributed by atoms with E-state index in [0.29, 0.717) is 5.69 Å². The summed E-state index contributed by atoms with van der Waals surface area (Å²) >= 11 is 0. The third-order valence-electron chi connectivity index (χ3n) is 4.82. The number of Topliss-reactive ketones (excluding diaryl/α,β-unsaturated/α-hetero) is 1. The van der Waals surface area contributed by atoms with Crippen molar-refractivity contribution in [2.45, 2.75) is 13.8 Å². The summed E-state index contributed by atoms with van der Waals surface area (Å²) in [5.74, 6) is -1.57. The van der Waals surface area contributed by atoms with Crippen molar-refractivity contribution in [2.24, 2.45) is 0 Å². The number of para-hydroxylation sites is 1. The van der Waals surface area contributed by atoms with Crippen molar-refractivity contribution in [2.75, 3.05) is 19.0 Å². The standard InChI is InChI=1S/C24H22FNO4/c1-15-7-6-10-20(16(15)2)26-21-9-5-4-8-18(21)24(28)30-14-22(27)19-13-17(25)11-12-23(19)29-3/h4-13,26H,14H2,1-3H3. The molecule has 154 valence electrons. The highest BCUT2D eigenvalue weighted by Crippen LogP contribution is 2.26. The molecule has 3 rings (SSSR count). The summed E-state index contributed by atoms with van der Waals surface area (Å²) in [4.78, 5) is 25.1. The fraction of sp³-hybridized carbons (Fsp3) is 0.167. The van der Waals surface area contributed by atoms with Gasteiger partial charge in [-0.1, -0.05) is 24.3 Å². The SMILES string of the molecule is COc1ccc(F)cc1C(=O)COC(=O)c1ccccc1Nc1cccc(C)c1C. The first-order valence-electron chi connectivity index (χ1n) is 9.37. The quantitative estimate of drug-likeness (QED) is 0.429. The van der Waals surface area contributed by atoms with Crippen LogP contribution in [0.1, 0.15) is 31.8 Å². The monoisotopic (exact) mass is 407 g/mol. The van der Waals surface area contributed by atoms with E-state index < -0.39 is 24.2 Å². The van der Waals surface area contributed by atoms with Gasteiger partial charge in [0.1, 0.15) is 11.6 Å². The average molecular weight is 407 g/mol. The van der Waals surface area contributed by atoms with E-state index >= 15 is 0 Å². The van der Waals surface area contributed by atoms with Crippen molar-refractivity contribution in [1.29, 1.82) is 0 Å². The molecule has 0 radical (unpaired) electrons. The first kappa shape index (κ1) is 21.0. The predicted molar refractivity (Wildman–Crippen MR) is 113 cm³/mol. The summed E-state index contributed by atoms with van der Waals surface area (Å²) in [6, 6.07) is 16.3. The van der Waals surface area contributed by atoms with E-state index in [1.165, 1.54) is 19.2 Å². The number of carbonyl (C=O) groups is 2. The lowest BCUT2D eigenvalue weighted by atomic mass is 10.1. The van der Waals surface area contributed by atoms with Crippen LogP contribution in [-0.4, -0.2) is 25.5 Å². The van der Waals surface area contributed by atoms with Gasteiger partial charge in [-0.05, 0) is 61.4 Å². The van der Waals surface area contributed by atoms with Crippen LogP contribution in [0.15, 0.2) is 60.7 Å². The minimum absolute atomic E-state index is 0.0205. The molecule has 3 aromatic rings. The van der Waals surface area contributed by atoms with Crippen LogP contribution in [0.3, 0.4) is 0 Å². The molecule has 0 aliphatic carbocycles. The van der Waals surface area contributed by atoms with Gasteiger partial charge in [0.2, 0.25) is 5.78 Å². The molecule has 0 atom stereocenters. The second kappa shape index (κ2) is 9.22. The Kier molecular flexibility index (Phi) is 6.47. The first-order chi connectivity index (χ1) is 14.4. The van der Waals surface area contributed by atoms with Crippen molar-refractivity contribution < 1.29 is 23.5 Å². The fourth-order valence-electron chi connectivity index (χ4n) is 2.99. The van der Waals surface area contributed by atoms with E-state index in [-0.39, 0.29) is 16.9 Å². The fourth-order valence-corrected chi connectivity index (χ4v) is 2.99. The van der Waals surface area contributed by atoms with Crippen LogP contribution in [0, 0.1) is 19.7 Å². The molecule has 0 heterocycles. The van der Waals surface area contributed by atoms with E-state index in [4.69, 9.17) is 9.47 Å². The largest absolute Gasteiger partial charge is 0.496 e. The molecule has 0 bridgehead atoms. The van der Waals surface area contributed by atoms with Crippen LogP contribution in [-0.2, 0) is 4.74 Å². The molecule has 0 unspecified atom stereocenters. The van der Waals surface area contributed by atoms with Gasteiger partial charge >= 0.3 is 5.97 Å². The van der Waals surface area contributed by atoms with Gasteiger partial charge in [0.05, 0.1) is 23.9 Å². The number of ketones is 1. The maximum absolute atomic E-state index is 13.5. The molecule has 0 aliphatic rings. The Morgan fingerprint density at radius 1 is 0.933 bits per heavy atom. The van der Waals surface area contributed by atoms with E-state index in [0.717, 1.165) is 22.9 Å². The van der Waals surface area contributed by atoms with E-state index in [9.17, 15) is 14.0 Å². The maximum atomic E-state index is 13.5. The Morgan fingerprint density at radius 3 is 2.43 bits per heavy atom. The van der Waals surface area contributed by atoms with Crippen molar-refractivity contribution >= 4 is 23.1 Å². The van der Waals surface area contributed by atoms with Gasteiger partial charge < -0.3 is 14.8 Å². The molecule has 1 N–H and O–H groups in total. The zero-order valence-corrected chi connectivity index (χ0v) is 17.0. The van der Waals surface area contributed by atoms with Crippen molar-refractivity contribution in [3.8, 4) is 5.75 Å². The van der Waals surface area contributed by atoms with Gasteiger partial charge in [-0.25, -0.2) is 9.18 Å². The minimum atomic E-state index is -0.660. The summed E-state index contributed by atoms with van der Waals surface area (Å²) in [5, 5.41) is 3.25. The van der Waals surface area contributed by atoms with Gasteiger partial charge in [-0.2, -0.15) is 0 Å². The summed E-state index contributed by atoms with van der Waals surface area (Å²) in [6.07, 6.45) is 0. The lowest BCUT2D eigenvalue weighted by Crippen LogP contribution is -2.16. The molecule has 6 heteroatoms. The van der Waals surface area contributed by atoms with Gasteiger partial charge in [0, 0.05) is 5.69 Å². The Hall–Kier alpha value is -3.67. The molecule has 0 fully saturated rings. The number of nitrogens with one attached hydrogen (secondary N) is 1. The number of aryl methyl sites for hydroxylation is 1. The van der Waals surface area contributed by atoms with E-state index in [1.54, 1.807) is 24.3 Å². The summed E-state index contributed by atoms with van der Waals surface area (Å²) < 4.78 is 23.8. The number of hydrogen-bond acceptors (Lipinski definition) is 5. The van der Waals surface area contributed by atoms with Crippen LogP contribution in [0.5, 0.6) is 5.75 Å². The Bertz CT molecular complexity index is 1090. The molecule has 0 spiro atoms. The minimum Gasteiger partial charge on any atom is -0.496 e. The Morgan fingerprint density at radius 2 is 1.67 bits per heavy atom. The number of carbonyl (C=O) groups excluding carboxylic acids is 2. The molecular weight excluding hydrogens is 385 g/mol. The number of halogens is 1. The van der Waals surface area contributed by atoms with Gasteiger partial charge in [-0.3, -0.25) is 4.79 Å². The second-order valence-electron chi connectivity index (χ2n) is 6.76. The number of anilines is 2. The van der Waals surface area contributed by atoms with Crippen molar-refractivity contribution in [1.82, 2.24) is 0 Å². The molecule has 30 heavy (non-hydrogen) atoms. The molecule has 0 aromatic heterocycles. The summed E-state index contributed by atoms with van der Waals surface area (Å²) in [7, 11) is 1.38. The molecule has 3 aromatic carbocycles. The Balaban J connectivity index is 1.76. The molecule has 0 aliphatic heterocycles. The van der Waals surface area contributed by atoms with Crippen LogP contribution >= 0.6 is 0 Å². The van der Waals surface area contributed by atoms with E-state index in [2.05, 4.69) is 5.32 Å². The van der Waals surface area contributed by atoms with Crippen LogP contribution in [0.2, 0.25) is 0 Å². The predicted octanol–water partition coefficient (Wildman–Crippen LogP) is 5.23. The van der Waals surface area contributed by atoms with Crippen LogP contribution in [0.25, 0.3) is 0 Å². The molecule has 5 nitrogen and oxygen atoms in total. The topological polar surface area (TPSA) is 64.6 Å². The number of esters is 1. The second-order valence-corrected chi connectivity index (χ2v) is 6.76. The van der Waals surface area contributed by atoms with Gasteiger partial charge in [-0.15, -0.1) is 0 Å². The third-order valence-corrected chi connectivity index (χ3v) is 4.82. The number of benzene rings is 3. The molecule has 0 amide bonds. The van der Waals surface area contributed by atoms with Crippen LogP contribution in [0.4, 0.5) is 15.8 Å². The maximum Gasteiger partial charge on any atom is 0.340 e. The average Bonchev–Trinajstić information content (AvgIpc) is 2.75.